The van der Waals surface area contributed by atoms with Crippen molar-refractivity contribution in [2.75, 3.05) is 0 Å². The average Bonchev–Trinajstić information content (AvgIpc) is 3.00. The van der Waals surface area contributed by atoms with Crippen LogP contribution in [-0.4, -0.2) is 27.0 Å². The highest BCUT2D eigenvalue weighted by Crippen LogP contribution is 2.37. The summed E-state index contributed by atoms with van der Waals surface area (Å²) in [5.74, 6) is -0.101. The van der Waals surface area contributed by atoms with Crippen LogP contribution in [0.3, 0.4) is 0 Å². The van der Waals surface area contributed by atoms with E-state index in [1.165, 1.54) is 17.7 Å². The molecule has 1 aliphatic carbocycles. The number of nitrogens with zero attached hydrogens (tertiary/aromatic N) is 3. The van der Waals surface area contributed by atoms with Gasteiger partial charge in [-0.05, 0) is 49.9 Å². The molecule has 0 bridgehead atoms. The number of hydrogen-bond acceptors (Lipinski definition) is 4. The lowest BCUT2D eigenvalue weighted by Crippen LogP contribution is -2.44. The Kier molecular flexibility index (Phi) is 4.25. The molecule has 2 unspecified atom stereocenters. The summed E-state index contributed by atoms with van der Waals surface area (Å²) in [4.78, 5) is 11.2. The third-order valence-electron chi connectivity index (χ3n) is 5.55. The molecule has 2 aromatic rings. The van der Waals surface area contributed by atoms with Gasteiger partial charge < -0.3 is 5.73 Å². The molecule has 1 aromatic heterocycles. The second-order valence-corrected chi connectivity index (χ2v) is 7.20. The molecule has 2 heterocycles. The molecule has 1 fully saturated rings. The van der Waals surface area contributed by atoms with Crippen LogP contribution in [0.4, 0.5) is 8.78 Å². The Morgan fingerprint density at radius 1 is 1.20 bits per heavy atom. The lowest BCUT2D eigenvalue weighted by Gasteiger charge is -2.38. The maximum Gasteiger partial charge on any atom is 0.126 e. The van der Waals surface area contributed by atoms with Crippen molar-refractivity contribution >= 4 is 0 Å². The van der Waals surface area contributed by atoms with Crippen LogP contribution in [0.25, 0.3) is 0 Å². The second kappa shape index (κ2) is 6.42. The monoisotopic (exact) mass is 344 g/mol. The fourth-order valence-corrected chi connectivity index (χ4v) is 4.23. The fraction of sp³-hybridized carbons (Fsp3) is 0.474. The minimum atomic E-state index is -0.408. The molecule has 6 heteroatoms. The highest BCUT2D eigenvalue weighted by atomic mass is 19.1. The van der Waals surface area contributed by atoms with E-state index in [1.54, 1.807) is 0 Å². The standard InChI is InChI=1S/C19H22F2N4/c1-11-23-8-12-9-25(10-19(12)24-11)14-3-4-15(18(22)7-14)16-6-13(20)2-5-17(16)21/h2,5-6,8,14-15,18H,3-4,7,9-10,22H2,1H3/t14?,15-,18?/m1/s1. The largest absolute Gasteiger partial charge is 0.327 e. The van der Waals surface area contributed by atoms with E-state index in [9.17, 15) is 8.78 Å². The average molecular weight is 344 g/mol. The maximum atomic E-state index is 14.1. The molecule has 0 spiro atoms. The van der Waals surface area contributed by atoms with Gasteiger partial charge in [-0.25, -0.2) is 18.7 Å². The number of nitrogens with two attached hydrogens (primary N) is 1. The number of benzene rings is 1. The van der Waals surface area contributed by atoms with Crippen molar-refractivity contribution in [2.24, 2.45) is 5.73 Å². The maximum absolute atomic E-state index is 14.1. The summed E-state index contributed by atoms with van der Waals surface area (Å²) < 4.78 is 27.6. The molecule has 0 saturated heterocycles. The number of aryl methyl sites for hydroxylation is 1. The van der Waals surface area contributed by atoms with Crippen LogP contribution in [0.2, 0.25) is 0 Å². The van der Waals surface area contributed by atoms with Gasteiger partial charge in [-0.2, -0.15) is 0 Å². The molecule has 3 atom stereocenters. The summed E-state index contributed by atoms with van der Waals surface area (Å²) in [5, 5.41) is 0. The molecule has 1 saturated carbocycles. The third-order valence-corrected chi connectivity index (χ3v) is 5.55. The Morgan fingerprint density at radius 2 is 2.04 bits per heavy atom. The second-order valence-electron chi connectivity index (χ2n) is 7.20. The van der Waals surface area contributed by atoms with Crippen LogP contribution in [0.1, 0.15) is 47.8 Å². The lowest BCUT2D eigenvalue weighted by molar-refractivity contribution is 0.137. The molecule has 2 N–H and O–H groups in total. The van der Waals surface area contributed by atoms with Gasteiger partial charge in [0.1, 0.15) is 17.5 Å². The van der Waals surface area contributed by atoms with E-state index >= 15 is 0 Å². The van der Waals surface area contributed by atoms with Gasteiger partial charge >= 0.3 is 0 Å². The van der Waals surface area contributed by atoms with E-state index < -0.39 is 5.82 Å². The van der Waals surface area contributed by atoms with Gasteiger partial charge in [0.25, 0.3) is 0 Å². The normalized spacial score (nSPS) is 26.6. The summed E-state index contributed by atoms with van der Waals surface area (Å²) in [6.45, 7) is 3.55. The zero-order chi connectivity index (χ0) is 17.6. The smallest absolute Gasteiger partial charge is 0.126 e. The first-order valence-corrected chi connectivity index (χ1v) is 8.77. The van der Waals surface area contributed by atoms with Gasteiger partial charge in [0.15, 0.2) is 0 Å². The zero-order valence-electron chi connectivity index (χ0n) is 14.3. The van der Waals surface area contributed by atoms with Gasteiger partial charge in [0.05, 0.1) is 5.69 Å². The molecule has 0 amide bonds. The number of aromatic nitrogens is 2. The first kappa shape index (κ1) is 16.5. The Balaban J connectivity index is 1.46. The van der Waals surface area contributed by atoms with Crippen LogP contribution in [0, 0.1) is 18.6 Å². The van der Waals surface area contributed by atoms with E-state index in [1.807, 2.05) is 13.1 Å². The predicted molar refractivity (Wildman–Crippen MR) is 90.7 cm³/mol. The minimum Gasteiger partial charge on any atom is -0.327 e. The molecule has 1 aliphatic heterocycles. The van der Waals surface area contributed by atoms with E-state index in [-0.39, 0.29) is 17.8 Å². The van der Waals surface area contributed by atoms with E-state index in [0.717, 1.165) is 49.9 Å². The van der Waals surface area contributed by atoms with Crippen molar-refractivity contribution in [3.05, 3.63) is 58.7 Å². The Labute approximate surface area is 146 Å². The SMILES string of the molecule is Cc1ncc2c(n1)CN(C1CC[C@H](c3cc(F)ccc3F)C(N)C1)C2. The Morgan fingerprint density at radius 3 is 2.84 bits per heavy atom. The number of fused-ring (bicyclic) bond motifs is 1. The summed E-state index contributed by atoms with van der Waals surface area (Å²) in [6, 6.07) is 3.82. The van der Waals surface area contributed by atoms with Crippen molar-refractivity contribution in [1.29, 1.82) is 0 Å². The number of rotatable bonds is 2. The van der Waals surface area contributed by atoms with Crippen LogP contribution >= 0.6 is 0 Å². The van der Waals surface area contributed by atoms with E-state index in [0.29, 0.717) is 11.6 Å². The first-order chi connectivity index (χ1) is 12.0. The number of hydrogen-bond donors (Lipinski definition) is 1. The molecule has 25 heavy (non-hydrogen) atoms. The fourth-order valence-electron chi connectivity index (χ4n) is 4.23. The quantitative estimate of drug-likeness (QED) is 0.910. The van der Waals surface area contributed by atoms with Gasteiger partial charge in [-0.3, -0.25) is 4.90 Å². The van der Waals surface area contributed by atoms with Crippen molar-refractivity contribution in [1.82, 2.24) is 14.9 Å². The van der Waals surface area contributed by atoms with Crippen molar-refractivity contribution in [2.45, 2.75) is 57.3 Å². The summed E-state index contributed by atoms with van der Waals surface area (Å²) in [7, 11) is 0. The first-order valence-electron chi connectivity index (χ1n) is 8.77. The van der Waals surface area contributed by atoms with Crippen molar-refractivity contribution < 1.29 is 8.78 Å². The highest BCUT2D eigenvalue weighted by Gasteiger charge is 2.35. The summed E-state index contributed by atoms with van der Waals surface area (Å²) in [5.41, 5.74) is 9.06. The predicted octanol–water partition coefficient (Wildman–Crippen LogP) is 3.04. The van der Waals surface area contributed by atoms with Gasteiger partial charge in [-0.1, -0.05) is 0 Å². The Bertz CT molecular complexity index is 795. The van der Waals surface area contributed by atoms with Crippen LogP contribution in [0.5, 0.6) is 0 Å². The van der Waals surface area contributed by atoms with Crippen molar-refractivity contribution in [3.8, 4) is 0 Å². The lowest BCUT2D eigenvalue weighted by atomic mass is 9.77. The molecular weight excluding hydrogens is 322 g/mol. The molecule has 0 radical (unpaired) electrons. The highest BCUT2D eigenvalue weighted by molar-refractivity contribution is 5.26. The van der Waals surface area contributed by atoms with Gasteiger partial charge in [-0.15, -0.1) is 0 Å². The molecule has 132 valence electrons. The zero-order valence-corrected chi connectivity index (χ0v) is 14.3. The van der Waals surface area contributed by atoms with Gasteiger partial charge in [0, 0.05) is 42.9 Å². The molecular formula is C19H22F2N4. The molecule has 2 aliphatic rings. The van der Waals surface area contributed by atoms with Crippen LogP contribution in [-0.2, 0) is 13.1 Å². The topological polar surface area (TPSA) is 55.0 Å². The Hall–Kier alpha value is -1.92. The van der Waals surface area contributed by atoms with Gasteiger partial charge in [0.2, 0.25) is 0 Å². The molecule has 4 nitrogen and oxygen atoms in total. The summed E-state index contributed by atoms with van der Waals surface area (Å²) >= 11 is 0. The van der Waals surface area contributed by atoms with Crippen LogP contribution in [0.15, 0.2) is 24.4 Å². The number of halogens is 2. The summed E-state index contributed by atoms with van der Waals surface area (Å²) in [6.07, 6.45) is 4.38. The molecule has 4 rings (SSSR count). The van der Waals surface area contributed by atoms with Crippen LogP contribution < -0.4 is 5.73 Å². The van der Waals surface area contributed by atoms with E-state index in [2.05, 4.69) is 14.9 Å². The van der Waals surface area contributed by atoms with E-state index in [4.69, 9.17) is 5.73 Å². The minimum absolute atomic E-state index is 0.126. The molecule has 1 aromatic carbocycles. The third kappa shape index (κ3) is 3.16. The van der Waals surface area contributed by atoms with Crippen molar-refractivity contribution in [3.63, 3.8) is 0 Å².